The van der Waals surface area contributed by atoms with Gasteiger partial charge in [0.25, 0.3) is 5.91 Å². The van der Waals surface area contributed by atoms with Gasteiger partial charge in [0.2, 0.25) is 10.0 Å². The van der Waals surface area contributed by atoms with Crippen LogP contribution in [0.15, 0.2) is 29.2 Å². The van der Waals surface area contributed by atoms with Crippen molar-refractivity contribution in [3.05, 3.63) is 29.8 Å². The minimum absolute atomic E-state index is 0.0399. The maximum atomic E-state index is 13.0. The molecule has 0 aliphatic carbocycles. The Balaban J connectivity index is 2.86. The van der Waals surface area contributed by atoms with E-state index in [1.807, 2.05) is 0 Å². The van der Waals surface area contributed by atoms with Crippen molar-refractivity contribution >= 4 is 15.9 Å². The number of benzene rings is 1. The number of hydrogen-bond acceptors (Lipinski definition) is 3. The molecule has 0 bridgehead atoms. The molecular weight excluding hydrogens is 373 g/mol. The molecule has 0 radical (unpaired) electrons. The zero-order valence-electron chi connectivity index (χ0n) is 11.4. The molecule has 0 fully saturated rings. The van der Waals surface area contributed by atoms with E-state index < -0.39 is 40.5 Å². The fraction of sp³-hybridized carbons (Fsp3) is 0.364. The predicted molar refractivity (Wildman–Crippen MR) is 65.6 cm³/mol. The average molecular weight is 382 g/mol. The fourth-order valence-electron chi connectivity index (χ4n) is 1.41. The number of carbonyl (C=O) groups excluding carboxylic acids is 1. The molecule has 1 aromatic carbocycles. The van der Waals surface area contributed by atoms with Crippen LogP contribution in [0.25, 0.3) is 0 Å². The normalized spacial score (nSPS) is 13.7. The molecule has 0 aromatic heterocycles. The predicted octanol–water partition coefficient (Wildman–Crippen LogP) is 1.78. The molecule has 5 nitrogen and oxygen atoms in total. The minimum atomic E-state index is -6.62. The van der Waals surface area contributed by atoms with Gasteiger partial charge in [-0.15, -0.1) is 0 Å². The molecule has 13 heteroatoms. The van der Waals surface area contributed by atoms with Crippen LogP contribution in [0.5, 0.6) is 0 Å². The number of nitrogens with two attached hydrogens (primary N) is 1. The molecule has 1 aromatic rings. The highest BCUT2D eigenvalue weighted by molar-refractivity contribution is 7.89. The van der Waals surface area contributed by atoms with Crippen molar-refractivity contribution in [1.29, 1.82) is 0 Å². The zero-order chi connectivity index (χ0) is 19.0. The van der Waals surface area contributed by atoms with Gasteiger partial charge in [0, 0.05) is 6.54 Å². The Morgan fingerprint density at radius 3 is 1.83 bits per heavy atom. The molecule has 0 aliphatic heterocycles. The summed E-state index contributed by atoms with van der Waals surface area (Å²) in [5.74, 6) is -15.4. The fourth-order valence-corrected chi connectivity index (χ4v) is 1.93. The summed E-state index contributed by atoms with van der Waals surface area (Å²) >= 11 is 0. The summed E-state index contributed by atoms with van der Waals surface area (Å²) in [5.41, 5.74) is -0.0399. The Kier molecular flexibility index (Phi) is 5.21. The third-order valence-electron chi connectivity index (χ3n) is 2.74. The molecule has 0 saturated heterocycles. The van der Waals surface area contributed by atoms with Crippen LogP contribution in [0.3, 0.4) is 0 Å². The number of alkyl halides is 7. The quantitative estimate of drug-likeness (QED) is 0.761. The number of amides is 1. The number of nitrogens with one attached hydrogen (secondary N) is 1. The first-order valence-corrected chi connectivity index (χ1v) is 7.37. The maximum absolute atomic E-state index is 13.0. The highest BCUT2D eigenvalue weighted by Gasteiger charge is 2.76. The number of halogens is 7. The van der Waals surface area contributed by atoms with Crippen molar-refractivity contribution in [1.82, 2.24) is 5.32 Å². The van der Waals surface area contributed by atoms with E-state index in [0.29, 0.717) is 0 Å². The SMILES string of the molecule is NS(=O)(=O)c1ccc(CNC(=O)C(F)(F)C(F)(F)C(F)(F)F)cc1. The lowest BCUT2D eigenvalue weighted by molar-refractivity contribution is -0.344. The molecular formula is C11H9F7N2O3S. The molecule has 1 rings (SSSR count). The second-order valence-electron chi connectivity index (χ2n) is 4.52. The van der Waals surface area contributed by atoms with E-state index in [-0.39, 0.29) is 10.5 Å². The Labute approximate surface area is 130 Å². The summed E-state index contributed by atoms with van der Waals surface area (Å²) in [6.45, 7) is -0.840. The van der Waals surface area contributed by atoms with Gasteiger partial charge in [0.15, 0.2) is 0 Å². The van der Waals surface area contributed by atoms with E-state index in [1.54, 1.807) is 0 Å². The van der Waals surface area contributed by atoms with Crippen LogP contribution in [0.2, 0.25) is 0 Å². The first-order chi connectivity index (χ1) is 10.6. The molecule has 136 valence electrons. The van der Waals surface area contributed by atoms with Gasteiger partial charge in [0.1, 0.15) is 0 Å². The first-order valence-electron chi connectivity index (χ1n) is 5.83. The summed E-state index contributed by atoms with van der Waals surface area (Å²) in [7, 11) is -4.04. The van der Waals surface area contributed by atoms with Crippen molar-refractivity contribution in [3.8, 4) is 0 Å². The summed E-state index contributed by atoms with van der Waals surface area (Å²) < 4.78 is 109. The zero-order valence-corrected chi connectivity index (χ0v) is 12.2. The molecule has 0 saturated carbocycles. The minimum Gasteiger partial charge on any atom is -0.347 e. The number of hydrogen-bond donors (Lipinski definition) is 2. The van der Waals surface area contributed by atoms with E-state index in [1.165, 1.54) is 5.32 Å². The largest absolute Gasteiger partial charge is 0.460 e. The van der Waals surface area contributed by atoms with E-state index in [0.717, 1.165) is 24.3 Å². The van der Waals surface area contributed by atoms with Crippen molar-refractivity contribution in [2.75, 3.05) is 0 Å². The second kappa shape index (κ2) is 6.20. The van der Waals surface area contributed by atoms with Crippen molar-refractivity contribution in [2.45, 2.75) is 29.5 Å². The van der Waals surface area contributed by atoms with Crippen LogP contribution < -0.4 is 10.5 Å². The number of sulfonamides is 1. The Morgan fingerprint density at radius 1 is 1.00 bits per heavy atom. The van der Waals surface area contributed by atoms with Crippen LogP contribution in [0.4, 0.5) is 30.7 Å². The average Bonchev–Trinajstić information content (AvgIpc) is 2.42. The van der Waals surface area contributed by atoms with Crippen molar-refractivity contribution in [2.24, 2.45) is 5.14 Å². The Bertz CT molecular complexity index is 714. The van der Waals surface area contributed by atoms with Gasteiger partial charge in [-0.1, -0.05) is 12.1 Å². The van der Waals surface area contributed by atoms with E-state index >= 15 is 0 Å². The highest BCUT2D eigenvalue weighted by Crippen LogP contribution is 2.46. The highest BCUT2D eigenvalue weighted by atomic mass is 32.2. The molecule has 0 atom stereocenters. The van der Waals surface area contributed by atoms with Gasteiger partial charge >= 0.3 is 18.0 Å². The van der Waals surface area contributed by atoms with Crippen LogP contribution in [-0.4, -0.2) is 32.3 Å². The van der Waals surface area contributed by atoms with Crippen LogP contribution in [0, 0.1) is 0 Å². The standard InChI is InChI=1S/C11H9F7N2O3S/c12-9(13,10(14,15)11(16,17)18)8(21)20-5-6-1-3-7(4-2-6)24(19,22)23/h1-4H,5H2,(H,20,21)(H2,19,22,23). The molecule has 0 aliphatic rings. The number of rotatable bonds is 5. The van der Waals surface area contributed by atoms with E-state index in [9.17, 15) is 43.9 Å². The summed E-state index contributed by atoms with van der Waals surface area (Å²) in [5, 5.41) is 6.01. The summed E-state index contributed by atoms with van der Waals surface area (Å²) in [6.07, 6.45) is -6.62. The molecule has 1 amide bonds. The van der Waals surface area contributed by atoms with Crippen LogP contribution >= 0.6 is 0 Å². The smallest absolute Gasteiger partial charge is 0.347 e. The van der Waals surface area contributed by atoms with Crippen molar-refractivity contribution < 1.29 is 43.9 Å². The molecule has 24 heavy (non-hydrogen) atoms. The van der Waals surface area contributed by atoms with Crippen LogP contribution in [0.1, 0.15) is 5.56 Å². The molecule has 0 spiro atoms. The number of carbonyl (C=O) groups is 1. The first kappa shape index (κ1) is 20.2. The lowest BCUT2D eigenvalue weighted by atomic mass is 10.1. The van der Waals surface area contributed by atoms with Gasteiger partial charge < -0.3 is 5.32 Å². The number of primary sulfonamides is 1. The summed E-state index contributed by atoms with van der Waals surface area (Å²) in [4.78, 5) is 10.6. The third kappa shape index (κ3) is 3.95. The molecule has 3 N–H and O–H groups in total. The Morgan fingerprint density at radius 2 is 1.46 bits per heavy atom. The van der Waals surface area contributed by atoms with Crippen molar-refractivity contribution in [3.63, 3.8) is 0 Å². The lowest BCUT2D eigenvalue weighted by Crippen LogP contribution is -2.59. The maximum Gasteiger partial charge on any atom is 0.460 e. The van der Waals surface area contributed by atoms with Gasteiger partial charge in [-0.3, -0.25) is 4.79 Å². The van der Waals surface area contributed by atoms with Gasteiger partial charge in [-0.2, -0.15) is 30.7 Å². The molecule has 0 unspecified atom stereocenters. The van der Waals surface area contributed by atoms with E-state index in [2.05, 4.69) is 0 Å². The monoisotopic (exact) mass is 382 g/mol. The third-order valence-corrected chi connectivity index (χ3v) is 3.67. The molecule has 0 heterocycles. The van der Waals surface area contributed by atoms with Gasteiger partial charge in [0.05, 0.1) is 4.90 Å². The second-order valence-corrected chi connectivity index (χ2v) is 6.08. The Hall–Kier alpha value is -1.89. The topological polar surface area (TPSA) is 89.3 Å². The van der Waals surface area contributed by atoms with Crippen LogP contribution in [-0.2, 0) is 21.4 Å². The lowest BCUT2D eigenvalue weighted by Gasteiger charge is -2.27. The summed E-state index contributed by atoms with van der Waals surface area (Å²) in [6, 6.07) is 3.86. The van der Waals surface area contributed by atoms with Gasteiger partial charge in [-0.05, 0) is 17.7 Å². The van der Waals surface area contributed by atoms with Gasteiger partial charge in [-0.25, -0.2) is 13.6 Å². The van der Waals surface area contributed by atoms with E-state index in [4.69, 9.17) is 5.14 Å².